The van der Waals surface area contributed by atoms with Gasteiger partial charge in [0.25, 0.3) is 0 Å². The van der Waals surface area contributed by atoms with Crippen LogP contribution in [0.25, 0.3) is 0 Å². The molecule has 0 amide bonds. The molecule has 0 aromatic heterocycles. The summed E-state index contributed by atoms with van der Waals surface area (Å²) < 4.78 is 5.74. The standard InChI is InChI=1S/C16H19NO.ClH/c1-17-12-11-14-7-9-16(10-8-14)18-13-15-5-3-2-4-6-15;/h2-10,17H,11-13H2,1H3;1H. The van der Waals surface area contributed by atoms with Gasteiger partial charge in [-0.05, 0) is 43.3 Å². The van der Waals surface area contributed by atoms with Gasteiger partial charge in [0.05, 0.1) is 0 Å². The molecule has 0 bridgehead atoms. The van der Waals surface area contributed by atoms with Gasteiger partial charge in [0.1, 0.15) is 12.4 Å². The molecule has 19 heavy (non-hydrogen) atoms. The summed E-state index contributed by atoms with van der Waals surface area (Å²) in [5.74, 6) is 0.923. The number of ether oxygens (including phenoxy) is 1. The van der Waals surface area contributed by atoms with E-state index in [1.165, 1.54) is 11.1 Å². The quantitative estimate of drug-likeness (QED) is 0.873. The van der Waals surface area contributed by atoms with Crippen LogP contribution in [0.5, 0.6) is 5.75 Å². The lowest BCUT2D eigenvalue weighted by Crippen LogP contribution is -2.10. The van der Waals surface area contributed by atoms with Crippen LogP contribution in [0.4, 0.5) is 0 Å². The molecular formula is C16H20ClNO. The monoisotopic (exact) mass is 277 g/mol. The maximum atomic E-state index is 5.74. The van der Waals surface area contributed by atoms with Gasteiger partial charge in [0.15, 0.2) is 0 Å². The molecule has 2 rings (SSSR count). The van der Waals surface area contributed by atoms with Crippen molar-refractivity contribution in [1.82, 2.24) is 5.32 Å². The minimum absolute atomic E-state index is 0. The lowest BCUT2D eigenvalue weighted by atomic mass is 10.1. The minimum atomic E-state index is 0. The van der Waals surface area contributed by atoms with Crippen molar-refractivity contribution in [2.75, 3.05) is 13.6 Å². The van der Waals surface area contributed by atoms with Gasteiger partial charge >= 0.3 is 0 Å². The van der Waals surface area contributed by atoms with Crippen molar-refractivity contribution in [2.24, 2.45) is 0 Å². The van der Waals surface area contributed by atoms with E-state index in [-0.39, 0.29) is 12.4 Å². The van der Waals surface area contributed by atoms with Crippen molar-refractivity contribution in [3.8, 4) is 5.75 Å². The summed E-state index contributed by atoms with van der Waals surface area (Å²) in [6.07, 6.45) is 1.05. The van der Waals surface area contributed by atoms with Crippen molar-refractivity contribution in [1.29, 1.82) is 0 Å². The molecule has 102 valence electrons. The van der Waals surface area contributed by atoms with Crippen LogP contribution in [0.15, 0.2) is 54.6 Å². The molecule has 2 aromatic rings. The number of rotatable bonds is 6. The lowest BCUT2D eigenvalue weighted by molar-refractivity contribution is 0.306. The molecular weight excluding hydrogens is 258 g/mol. The first-order valence-corrected chi connectivity index (χ1v) is 6.29. The predicted molar refractivity (Wildman–Crippen MR) is 82.1 cm³/mol. The smallest absolute Gasteiger partial charge is 0.119 e. The van der Waals surface area contributed by atoms with Crippen molar-refractivity contribution in [3.63, 3.8) is 0 Å². The summed E-state index contributed by atoms with van der Waals surface area (Å²) >= 11 is 0. The zero-order valence-corrected chi connectivity index (χ0v) is 12.0. The molecule has 0 saturated carbocycles. The second kappa shape index (κ2) is 8.57. The van der Waals surface area contributed by atoms with E-state index in [9.17, 15) is 0 Å². The first-order chi connectivity index (χ1) is 8.88. The third kappa shape index (κ3) is 5.33. The van der Waals surface area contributed by atoms with Crippen molar-refractivity contribution < 1.29 is 4.74 Å². The van der Waals surface area contributed by atoms with E-state index in [1.807, 2.05) is 37.4 Å². The Morgan fingerprint density at radius 1 is 0.895 bits per heavy atom. The Labute approximate surface area is 121 Å². The molecule has 0 aliphatic rings. The third-order valence-electron chi connectivity index (χ3n) is 2.84. The van der Waals surface area contributed by atoms with Gasteiger partial charge in [-0.2, -0.15) is 0 Å². The highest BCUT2D eigenvalue weighted by Gasteiger charge is 1.96. The van der Waals surface area contributed by atoms with Gasteiger partial charge in [-0.1, -0.05) is 42.5 Å². The van der Waals surface area contributed by atoms with E-state index in [4.69, 9.17) is 4.74 Å². The molecule has 0 fully saturated rings. The summed E-state index contributed by atoms with van der Waals surface area (Å²) in [6, 6.07) is 18.5. The topological polar surface area (TPSA) is 21.3 Å². The molecule has 0 heterocycles. The number of halogens is 1. The van der Waals surface area contributed by atoms with Gasteiger partial charge in [0, 0.05) is 0 Å². The number of nitrogens with one attached hydrogen (secondary N) is 1. The fourth-order valence-corrected chi connectivity index (χ4v) is 1.76. The summed E-state index contributed by atoms with van der Waals surface area (Å²) in [4.78, 5) is 0. The van der Waals surface area contributed by atoms with E-state index in [0.29, 0.717) is 6.61 Å². The van der Waals surface area contributed by atoms with E-state index < -0.39 is 0 Å². The van der Waals surface area contributed by atoms with Gasteiger partial charge in [0.2, 0.25) is 0 Å². The van der Waals surface area contributed by atoms with E-state index >= 15 is 0 Å². The van der Waals surface area contributed by atoms with Crippen LogP contribution in [-0.2, 0) is 13.0 Å². The summed E-state index contributed by atoms with van der Waals surface area (Å²) in [7, 11) is 1.97. The van der Waals surface area contributed by atoms with Gasteiger partial charge in [-0.3, -0.25) is 0 Å². The molecule has 0 radical (unpaired) electrons. The van der Waals surface area contributed by atoms with Crippen molar-refractivity contribution >= 4 is 12.4 Å². The molecule has 0 aliphatic carbocycles. The predicted octanol–water partition coefficient (Wildman–Crippen LogP) is 3.45. The minimum Gasteiger partial charge on any atom is -0.489 e. The largest absolute Gasteiger partial charge is 0.489 e. The van der Waals surface area contributed by atoms with Crippen LogP contribution in [0, 0.1) is 0 Å². The summed E-state index contributed by atoms with van der Waals surface area (Å²) in [5, 5.41) is 3.15. The van der Waals surface area contributed by atoms with Crippen LogP contribution in [0.2, 0.25) is 0 Å². The molecule has 0 atom stereocenters. The highest BCUT2D eigenvalue weighted by molar-refractivity contribution is 5.85. The fourth-order valence-electron chi connectivity index (χ4n) is 1.76. The van der Waals surface area contributed by atoms with Gasteiger partial charge in [-0.25, -0.2) is 0 Å². The number of likely N-dealkylation sites (N-methyl/N-ethyl adjacent to an activating group) is 1. The Kier molecular flexibility index (Phi) is 7.01. The highest BCUT2D eigenvalue weighted by atomic mass is 35.5. The Morgan fingerprint density at radius 3 is 2.21 bits per heavy atom. The maximum Gasteiger partial charge on any atom is 0.119 e. The molecule has 0 saturated heterocycles. The molecule has 0 spiro atoms. The van der Waals surface area contributed by atoms with Crippen LogP contribution in [-0.4, -0.2) is 13.6 Å². The number of hydrogen-bond acceptors (Lipinski definition) is 2. The van der Waals surface area contributed by atoms with Crippen molar-refractivity contribution in [3.05, 3.63) is 65.7 Å². The Balaban J connectivity index is 0.00000180. The lowest BCUT2D eigenvalue weighted by Gasteiger charge is -2.07. The van der Waals surface area contributed by atoms with Crippen LogP contribution in [0.1, 0.15) is 11.1 Å². The molecule has 2 nitrogen and oxygen atoms in total. The van der Waals surface area contributed by atoms with E-state index in [0.717, 1.165) is 18.7 Å². The Bertz CT molecular complexity index is 456. The summed E-state index contributed by atoms with van der Waals surface area (Å²) in [6.45, 7) is 1.63. The normalized spacial score (nSPS) is 9.74. The SMILES string of the molecule is CNCCc1ccc(OCc2ccccc2)cc1.Cl. The van der Waals surface area contributed by atoms with Crippen LogP contribution in [0.3, 0.4) is 0 Å². The van der Waals surface area contributed by atoms with Crippen LogP contribution < -0.4 is 10.1 Å². The molecule has 0 aliphatic heterocycles. The third-order valence-corrected chi connectivity index (χ3v) is 2.84. The van der Waals surface area contributed by atoms with Gasteiger partial charge < -0.3 is 10.1 Å². The second-order valence-corrected chi connectivity index (χ2v) is 4.27. The zero-order chi connectivity index (χ0) is 12.6. The Hall–Kier alpha value is -1.51. The fraction of sp³-hybridized carbons (Fsp3) is 0.250. The van der Waals surface area contributed by atoms with E-state index in [2.05, 4.69) is 29.6 Å². The van der Waals surface area contributed by atoms with Crippen LogP contribution >= 0.6 is 12.4 Å². The zero-order valence-electron chi connectivity index (χ0n) is 11.1. The first-order valence-electron chi connectivity index (χ1n) is 6.29. The first kappa shape index (κ1) is 15.5. The van der Waals surface area contributed by atoms with Gasteiger partial charge in [-0.15, -0.1) is 12.4 Å². The number of benzene rings is 2. The molecule has 1 N–H and O–H groups in total. The summed E-state index contributed by atoms with van der Waals surface area (Å²) in [5.41, 5.74) is 2.52. The average molecular weight is 278 g/mol. The number of hydrogen-bond donors (Lipinski definition) is 1. The molecule has 2 aromatic carbocycles. The molecule has 3 heteroatoms. The Morgan fingerprint density at radius 2 is 1.58 bits per heavy atom. The molecule has 0 unspecified atom stereocenters. The van der Waals surface area contributed by atoms with Crippen molar-refractivity contribution in [2.45, 2.75) is 13.0 Å². The maximum absolute atomic E-state index is 5.74. The van der Waals surface area contributed by atoms with E-state index in [1.54, 1.807) is 0 Å². The highest BCUT2D eigenvalue weighted by Crippen LogP contribution is 2.14. The average Bonchev–Trinajstić information content (AvgIpc) is 2.45. The second-order valence-electron chi connectivity index (χ2n) is 4.27.